The zero-order chi connectivity index (χ0) is 17.3. The van der Waals surface area contributed by atoms with Crippen molar-refractivity contribution >= 4 is 5.91 Å². The molecule has 0 N–H and O–H groups in total. The quantitative estimate of drug-likeness (QED) is 0.864. The average Bonchev–Trinajstić information content (AvgIpc) is 3.22. The second-order valence-corrected chi connectivity index (χ2v) is 7.51. The fourth-order valence-corrected chi connectivity index (χ4v) is 4.52. The summed E-state index contributed by atoms with van der Waals surface area (Å²) >= 11 is 0. The van der Waals surface area contributed by atoms with Crippen molar-refractivity contribution in [1.82, 2.24) is 19.4 Å². The summed E-state index contributed by atoms with van der Waals surface area (Å²) in [4.78, 5) is 21.9. The van der Waals surface area contributed by atoms with Gasteiger partial charge in [0, 0.05) is 32.9 Å². The fourth-order valence-electron chi connectivity index (χ4n) is 4.52. The summed E-state index contributed by atoms with van der Waals surface area (Å²) in [7, 11) is 1.91. The standard InChI is InChI=1S/C20H26N4O/c1-22-14-18(21-16-22)19(25)24-12-6-10-20(24)9-5-11-23(15-20)13-17-7-3-2-4-8-17/h2-4,7-8,14,16H,5-6,9-13,15H2,1H3/t20-/m1/s1. The first-order valence-corrected chi connectivity index (χ1v) is 9.23. The minimum atomic E-state index is -0.0123. The SMILES string of the molecule is Cn1cnc(C(=O)N2CCC[C@@]23CCCN(Cc2ccccc2)C3)c1. The Morgan fingerprint density at radius 3 is 2.64 bits per heavy atom. The minimum absolute atomic E-state index is 0.0123. The number of hydrogen-bond acceptors (Lipinski definition) is 3. The summed E-state index contributed by atoms with van der Waals surface area (Å²) in [6.45, 7) is 3.91. The van der Waals surface area contributed by atoms with E-state index in [0.717, 1.165) is 51.9 Å². The van der Waals surface area contributed by atoms with Crippen LogP contribution in [0.1, 0.15) is 41.7 Å². The van der Waals surface area contributed by atoms with Crippen LogP contribution in [0.2, 0.25) is 0 Å². The Bertz CT molecular complexity index is 741. The second-order valence-electron chi connectivity index (χ2n) is 7.51. The molecule has 5 nitrogen and oxygen atoms in total. The van der Waals surface area contributed by atoms with Crippen molar-refractivity contribution in [2.75, 3.05) is 19.6 Å². The highest BCUT2D eigenvalue weighted by molar-refractivity contribution is 5.93. The molecular formula is C20H26N4O. The van der Waals surface area contributed by atoms with Gasteiger partial charge in [0.2, 0.25) is 0 Å². The van der Waals surface area contributed by atoms with E-state index in [2.05, 4.69) is 45.1 Å². The number of piperidine rings is 1. The molecule has 1 spiro atoms. The number of aryl methyl sites for hydroxylation is 1. The van der Waals surface area contributed by atoms with Crippen LogP contribution >= 0.6 is 0 Å². The Morgan fingerprint density at radius 2 is 1.92 bits per heavy atom. The van der Waals surface area contributed by atoms with E-state index in [1.165, 1.54) is 5.56 Å². The monoisotopic (exact) mass is 338 g/mol. The molecular weight excluding hydrogens is 312 g/mol. The number of rotatable bonds is 3. The number of amides is 1. The van der Waals surface area contributed by atoms with E-state index in [1.807, 2.05) is 17.8 Å². The Balaban J connectivity index is 1.52. The van der Waals surface area contributed by atoms with Crippen molar-refractivity contribution in [3.8, 4) is 0 Å². The molecule has 25 heavy (non-hydrogen) atoms. The van der Waals surface area contributed by atoms with Crippen molar-refractivity contribution < 1.29 is 4.79 Å². The zero-order valence-corrected chi connectivity index (χ0v) is 14.9. The van der Waals surface area contributed by atoms with E-state index in [1.54, 1.807) is 6.33 Å². The van der Waals surface area contributed by atoms with Crippen LogP contribution in [0.25, 0.3) is 0 Å². The van der Waals surface area contributed by atoms with Gasteiger partial charge >= 0.3 is 0 Å². The Labute approximate surface area is 149 Å². The highest BCUT2D eigenvalue weighted by Gasteiger charge is 2.46. The number of likely N-dealkylation sites (tertiary alicyclic amines) is 2. The number of benzene rings is 1. The fraction of sp³-hybridized carbons (Fsp3) is 0.500. The van der Waals surface area contributed by atoms with Gasteiger partial charge in [-0.05, 0) is 37.8 Å². The molecule has 132 valence electrons. The van der Waals surface area contributed by atoms with Crippen molar-refractivity contribution in [2.24, 2.45) is 7.05 Å². The third-order valence-electron chi connectivity index (χ3n) is 5.65. The molecule has 0 bridgehead atoms. The number of hydrogen-bond donors (Lipinski definition) is 0. The predicted octanol–water partition coefficient (Wildman–Crippen LogP) is 2.69. The lowest BCUT2D eigenvalue weighted by Gasteiger charge is -2.46. The molecule has 2 aliphatic rings. The van der Waals surface area contributed by atoms with Gasteiger partial charge < -0.3 is 9.47 Å². The number of aromatic nitrogens is 2. The van der Waals surface area contributed by atoms with Gasteiger partial charge in [-0.15, -0.1) is 0 Å². The van der Waals surface area contributed by atoms with Crippen molar-refractivity contribution in [1.29, 1.82) is 0 Å². The summed E-state index contributed by atoms with van der Waals surface area (Å²) in [6.07, 6.45) is 8.00. The molecule has 0 aliphatic carbocycles. The van der Waals surface area contributed by atoms with E-state index in [4.69, 9.17) is 0 Å². The van der Waals surface area contributed by atoms with E-state index in [-0.39, 0.29) is 11.4 Å². The van der Waals surface area contributed by atoms with Crippen molar-refractivity contribution in [2.45, 2.75) is 37.8 Å². The topological polar surface area (TPSA) is 41.4 Å². The Hall–Kier alpha value is -2.14. The van der Waals surface area contributed by atoms with Gasteiger partial charge in [-0.3, -0.25) is 9.69 Å². The molecule has 5 heteroatoms. The maximum atomic E-state index is 13.0. The van der Waals surface area contributed by atoms with Crippen molar-refractivity contribution in [3.63, 3.8) is 0 Å². The third-order valence-corrected chi connectivity index (χ3v) is 5.65. The highest BCUT2D eigenvalue weighted by atomic mass is 16.2. The van der Waals surface area contributed by atoms with Crippen LogP contribution in [-0.4, -0.2) is 50.4 Å². The smallest absolute Gasteiger partial charge is 0.274 e. The Kier molecular flexibility index (Phi) is 4.34. The van der Waals surface area contributed by atoms with Crippen LogP contribution in [0.4, 0.5) is 0 Å². The molecule has 1 atom stereocenters. The van der Waals surface area contributed by atoms with Gasteiger partial charge in [-0.1, -0.05) is 30.3 Å². The highest BCUT2D eigenvalue weighted by Crippen LogP contribution is 2.38. The molecule has 2 aliphatic heterocycles. The van der Waals surface area contributed by atoms with E-state index in [0.29, 0.717) is 5.69 Å². The molecule has 4 rings (SSSR count). The largest absolute Gasteiger partial charge is 0.340 e. The maximum absolute atomic E-state index is 13.0. The van der Waals surface area contributed by atoms with E-state index < -0.39 is 0 Å². The van der Waals surface area contributed by atoms with Crippen LogP contribution in [-0.2, 0) is 13.6 Å². The van der Waals surface area contributed by atoms with Crippen LogP contribution in [0.15, 0.2) is 42.9 Å². The number of nitrogens with zero attached hydrogens (tertiary/aromatic N) is 4. The number of imidazole rings is 1. The zero-order valence-electron chi connectivity index (χ0n) is 14.9. The summed E-state index contributed by atoms with van der Waals surface area (Å²) in [5.74, 6) is 0.0969. The molecule has 2 aromatic rings. The van der Waals surface area contributed by atoms with Crippen LogP contribution in [0.5, 0.6) is 0 Å². The lowest BCUT2D eigenvalue weighted by atomic mass is 9.86. The second kappa shape index (κ2) is 6.64. The first kappa shape index (κ1) is 16.3. The van der Waals surface area contributed by atoms with Crippen molar-refractivity contribution in [3.05, 3.63) is 54.1 Å². The molecule has 1 aromatic carbocycles. The average molecular weight is 338 g/mol. The minimum Gasteiger partial charge on any atom is -0.340 e. The summed E-state index contributed by atoms with van der Waals surface area (Å²) in [5.41, 5.74) is 1.91. The van der Waals surface area contributed by atoms with Crippen LogP contribution in [0.3, 0.4) is 0 Å². The molecule has 2 fully saturated rings. The molecule has 1 aromatic heterocycles. The molecule has 0 saturated carbocycles. The van der Waals surface area contributed by atoms with Crippen LogP contribution < -0.4 is 0 Å². The number of carbonyl (C=O) groups excluding carboxylic acids is 1. The van der Waals surface area contributed by atoms with Gasteiger partial charge in [-0.25, -0.2) is 4.98 Å². The normalized spacial score (nSPS) is 24.1. The van der Waals surface area contributed by atoms with E-state index in [9.17, 15) is 4.79 Å². The van der Waals surface area contributed by atoms with Crippen LogP contribution in [0, 0.1) is 0 Å². The first-order chi connectivity index (χ1) is 12.2. The van der Waals surface area contributed by atoms with E-state index >= 15 is 0 Å². The first-order valence-electron chi connectivity index (χ1n) is 9.23. The van der Waals surface area contributed by atoms with Gasteiger partial charge in [0.15, 0.2) is 0 Å². The summed E-state index contributed by atoms with van der Waals surface area (Å²) in [6, 6.07) is 10.6. The number of carbonyl (C=O) groups is 1. The maximum Gasteiger partial charge on any atom is 0.274 e. The molecule has 0 radical (unpaired) electrons. The van der Waals surface area contributed by atoms with Gasteiger partial charge in [0.05, 0.1) is 11.9 Å². The molecule has 3 heterocycles. The summed E-state index contributed by atoms with van der Waals surface area (Å²) in [5, 5.41) is 0. The lowest BCUT2D eigenvalue weighted by Crippen LogP contribution is -2.57. The summed E-state index contributed by atoms with van der Waals surface area (Å²) < 4.78 is 1.85. The Morgan fingerprint density at radius 1 is 1.16 bits per heavy atom. The predicted molar refractivity (Wildman–Crippen MR) is 97.2 cm³/mol. The molecule has 0 unspecified atom stereocenters. The third kappa shape index (κ3) is 3.21. The van der Waals surface area contributed by atoms with Gasteiger partial charge in [0.25, 0.3) is 5.91 Å². The molecule has 2 saturated heterocycles. The van der Waals surface area contributed by atoms with Gasteiger partial charge in [0.1, 0.15) is 5.69 Å². The lowest BCUT2D eigenvalue weighted by molar-refractivity contribution is 0.0289. The molecule has 1 amide bonds. The van der Waals surface area contributed by atoms with Gasteiger partial charge in [-0.2, -0.15) is 0 Å².